The maximum atomic E-state index is 12.0. The Morgan fingerprint density at radius 2 is 2.04 bits per heavy atom. The molecular weight excluding hydrogens is 300 g/mol. The topological polar surface area (TPSA) is 78.9 Å². The number of hydrogen-bond donors (Lipinski definition) is 0. The summed E-state index contributed by atoms with van der Waals surface area (Å²) in [5, 5.41) is 0. The SMILES string of the molecule is C=C(C)C(=O)OCCCC(=O)OC1C(C)CC2C(=O)OC1C2C. The largest absolute Gasteiger partial charge is 0.462 e. The predicted molar refractivity (Wildman–Crippen MR) is 81.2 cm³/mol. The van der Waals surface area contributed by atoms with Gasteiger partial charge < -0.3 is 14.2 Å². The van der Waals surface area contributed by atoms with E-state index in [-0.39, 0.29) is 48.8 Å². The molecule has 5 unspecified atom stereocenters. The van der Waals surface area contributed by atoms with Gasteiger partial charge in [0, 0.05) is 17.9 Å². The average molecular weight is 324 g/mol. The van der Waals surface area contributed by atoms with Crippen molar-refractivity contribution < 1.29 is 28.6 Å². The minimum absolute atomic E-state index is 0.0769. The molecule has 6 nitrogen and oxygen atoms in total. The fraction of sp³-hybridized carbons (Fsp3) is 0.706. The molecule has 0 radical (unpaired) electrons. The molecule has 1 saturated carbocycles. The molecule has 1 heterocycles. The quantitative estimate of drug-likeness (QED) is 0.322. The predicted octanol–water partition coefficient (Wildman–Crippen LogP) is 2.02. The number of hydrogen-bond acceptors (Lipinski definition) is 6. The summed E-state index contributed by atoms with van der Waals surface area (Å²) >= 11 is 0. The van der Waals surface area contributed by atoms with E-state index in [1.54, 1.807) is 6.92 Å². The van der Waals surface area contributed by atoms with Gasteiger partial charge in [-0.15, -0.1) is 0 Å². The van der Waals surface area contributed by atoms with Crippen LogP contribution in [0, 0.1) is 17.8 Å². The summed E-state index contributed by atoms with van der Waals surface area (Å²) in [5.41, 5.74) is 0.329. The molecular formula is C17H24O6. The highest BCUT2D eigenvalue weighted by molar-refractivity contribution is 5.86. The number of carbonyl (C=O) groups is 3. The third kappa shape index (κ3) is 3.92. The third-order valence-corrected chi connectivity index (χ3v) is 4.59. The lowest BCUT2D eigenvalue weighted by Crippen LogP contribution is -2.44. The Morgan fingerprint density at radius 1 is 1.35 bits per heavy atom. The monoisotopic (exact) mass is 324 g/mol. The van der Waals surface area contributed by atoms with Crippen LogP contribution in [0.3, 0.4) is 0 Å². The average Bonchev–Trinajstić information content (AvgIpc) is 2.68. The Labute approximate surface area is 136 Å². The fourth-order valence-electron chi connectivity index (χ4n) is 3.21. The number of carbonyl (C=O) groups excluding carboxylic acids is 3. The number of fused-ring (bicyclic) bond motifs is 2. The molecule has 1 aliphatic carbocycles. The van der Waals surface area contributed by atoms with E-state index in [1.165, 1.54) is 0 Å². The molecule has 0 spiro atoms. The summed E-state index contributed by atoms with van der Waals surface area (Å²) in [6.07, 6.45) is 0.497. The van der Waals surface area contributed by atoms with Crippen molar-refractivity contribution in [1.29, 1.82) is 0 Å². The van der Waals surface area contributed by atoms with Crippen LogP contribution in [0.1, 0.15) is 40.0 Å². The van der Waals surface area contributed by atoms with Gasteiger partial charge in [0.1, 0.15) is 12.2 Å². The second kappa shape index (κ2) is 7.15. The van der Waals surface area contributed by atoms with Gasteiger partial charge >= 0.3 is 17.9 Å². The summed E-state index contributed by atoms with van der Waals surface area (Å²) in [7, 11) is 0. The van der Waals surface area contributed by atoms with Crippen molar-refractivity contribution in [3.05, 3.63) is 12.2 Å². The van der Waals surface area contributed by atoms with E-state index in [4.69, 9.17) is 14.2 Å². The second-order valence-electron chi connectivity index (χ2n) is 6.55. The second-order valence-corrected chi connectivity index (χ2v) is 6.55. The van der Waals surface area contributed by atoms with Crippen LogP contribution in [-0.2, 0) is 28.6 Å². The first kappa shape index (κ1) is 17.5. The molecule has 0 N–H and O–H groups in total. The molecule has 2 rings (SSSR count). The highest BCUT2D eigenvalue weighted by Gasteiger charge is 2.53. The van der Waals surface area contributed by atoms with Crippen molar-refractivity contribution in [2.75, 3.05) is 6.61 Å². The highest BCUT2D eigenvalue weighted by atomic mass is 16.6. The molecule has 0 amide bonds. The molecule has 0 aromatic carbocycles. The van der Waals surface area contributed by atoms with Crippen LogP contribution >= 0.6 is 0 Å². The zero-order valence-corrected chi connectivity index (χ0v) is 13.9. The van der Waals surface area contributed by atoms with Crippen molar-refractivity contribution in [3.8, 4) is 0 Å². The lowest BCUT2D eigenvalue weighted by molar-refractivity contribution is -0.166. The molecule has 2 fully saturated rings. The molecule has 23 heavy (non-hydrogen) atoms. The summed E-state index contributed by atoms with van der Waals surface area (Å²) in [6, 6.07) is 0. The molecule has 1 aliphatic heterocycles. The van der Waals surface area contributed by atoms with Crippen LogP contribution in [0.5, 0.6) is 0 Å². The molecule has 5 atom stereocenters. The fourth-order valence-corrected chi connectivity index (χ4v) is 3.21. The third-order valence-electron chi connectivity index (χ3n) is 4.59. The van der Waals surface area contributed by atoms with E-state index in [9.17, 15) is 14.4 Å². The van der Waals surface area contributed by atoms with Gasteiger partial charge in [-0.3, -0.25) is 9.59 Å². The maximum absolute atomic E-state index is 12.0. The van der Waals surface area contributed by atoms with Gasteiger partial charge in [-0.2, -0.15) is 0 Å². The van der Waals surface area contributed by atoms with Crippen LogP contribution in [0.2, 0.25) is 0 Å². The van der Waals surface area contributed by atoms with E-state index < -0.39 is 12.1 Å². The normalized spacial score (nSPS) is 32.1. The number of rotatable bonds is 6. The number of esters is 3. The van der Waals surface area contributed by atoms with E-state index in [0.717, 1.165) is 0 Å². The molecule has 2 bridgehead atoms. The van der Waals surface area contributed by atoms with Crippen molar-refractivity contribution in [3.63, 3.8) is 0 Å². The standard InChI is InChI=1S/C17H24O6/c1-9(2)16(19)21-7-5-6-13(18)22-14-10(3)8-12-11(4)15(14)23-17(12)20/h10-12,14-15H,1,5-8H2,2-4H3. The maximum Gasteiger partial charge on any atom is 0.333 e. The molecule has 2 aliphatic rings. The number of ether oxygens (including phenoxy) is 3. The lowest BCUT2D eigenvalue weighted by Gasteiger charge is -2.35. The van der Waals surface area contributed by atoms with Crippen LogP contribution in [0.25, 0.3) is 0 Å². The first-order chi connectivity index (χ1) is 10.8. The van der Waals surface area contributed by atoms with Crippen LogP contribution in [-0.4, -0.2) is 36.7 Å². The van der Waals surface area contributed by atoms with Crippen LogP contribution in [0.4, 0.5) is 0 Å². The van der Waals surface area contributed by atoms with E-state index in [1.807, 2.05) is 13.8 Å². The molecule has 0 aromatic rings. The summed E-state index contributed by atoms with van der Waals surface area (Å²) in [5.74, 6) is -0.907. The Hall–Kier alpha value is -1.85. The molecule has 1 saturated heterocycles. The minimum Gasteiger partial charge on any atom is -0.462 e. The zero-order chi connectivity index (χ0) is 17.1. The molecule has 0 aromatic heterocycles. The van der Waals surface area contributed by atoms with Crippen molar-refractivity contribution in [2.24, 2.45) is 17.8 Å². The summed E-state index contributed by atoms with van der Waals surface area (Å²) in [4.78, 5) is 34.9. The van der Waals surface area contributed by atoms with Crippen molar-refractivity contribution in [1.82, 2.24) is 0 Å². The van der Waals surface area contributed by atoms with Gasteiger partial charge in [0.15, 0.2) is 0 Å². The Kier molecular flexibility index (Phi) is 5.44. The summed E-state index contributed by atoms with van der Waals surface area (Å²) in [6.45, 7) is 9.14. The molecule has 128 valence electrons. The van der Waals surface area contributed by atoms with Crippen molar-refractivity contribution >= 4 is 17.9 Å². The minimum atomic E-state index is -0.461. The summed E-state index contributed by atoms with van der Waals surface area (Å²) < 4.78 is 15.8. The zero-order valence-electron chi connectivity index (χ0n) is 13.9. The first-order valence-corrected chi connectivity index (χ1v) is 8.04. The molecule has 6 heteroatoms. The Balaban J connectivity index is 1.77. The van der Waals surface area contributed by atoms with Gasteiger partial charge in [-0.05, 0) is 25.7 Å². The van der Waals surface area contributed by atoms with Gasteiger partial charge in [0.2, 0.25) is 0 Å². The first-order valence-electron chi connectivity index (χ1n) is 8.04. The highest BCUT2D eigenvalue weighted by Crippen LogP contribution is 2.43. The van der Waals surface area contributed by atoms with Gasteiger partial charge in [0.25, 0.3) is 0 Å². The Morgan fingerprint density at radius 3 is 2.70 bits per heavy atom. The lowest BCUT2D eigenvalue weighted by atomic mass is 9.74. The smallest absolute Gasteiger partial charge is 0.333 e. The van der Waals surface area contributed by atoms with Crippen molar-refractivity contribution in [2.45, 2.75) is 52.2 Å². The van der Waals surface area contributed by atoms with E-state index in [2.05, 4.69) is 6.58 Å². The van der Waals surface area contributed by atoms with Gasteiger partial charge in [0.05, 0.1) is 12.5 Å². The van der Waals surface area contributed by atoms with Crippen LogP contribution < -0.4 is 0 Å². The van der Waals surface area contributed by atoms with E-state index in [0.29, 0.717) is 18.4 Å². The van der Waals surface area contributed by atoms with Gasteiger partial charge in [-0.25, -0.2) is 4.79 Å². The van der Waals surface area contributed by atoms with Gasteiger partial charge in [-0.1, -0.05) is 20.4 Å². The van der Waals surface area contributed by atoms with E-state index >= 15 is 0 Å². The Bertz CT molecular complexity index is 511. The van der Waals surface area contributed by atoms with Crippen LogP contribution in [0.15, 0.2) is 12.2 Å².